The molecule has 0 bridgehead atoms. The Balaban J connectivity index is 1.73. The van der Waals surface area contributed by atoms with Gasteiger partial charge in [-0.25, -0.2) is 4.98 Å². The van der Waals surface area contributed by atoms with Gasteiger partial charge in [0.05, 0.1) is 6.54 Å². The van der Waals surface area contributed by atoms with Gasteiger partial charge in [-0.1, -0.05) is 0 Å². The van der Waals surface area contributed by atoms with E-state index in [-0.39, 0.29) is 0 Å². The minimum atomic E-state index is -0.754. The fourth-order valence-electron chi connectivity index (χ4n) is 3.59. The van der Waals surface area contributed by atoms with E-state index in [0.29, 0.717) is 12.5 Å². The van der Waals surface area contributed by atoms with E-state index in [9.17, 15) is 9.90 Å². The maximum absolute atomic E-state index is 11.6. The van der Waals surface area contributed by atoms with Gasteiger partial charge in [0, 0.05) is 31.5 Å². The van der Waals surface area contributed by atoms with Crippen LogP contribution in [-0.2, 0) is 17.9 Å². The van der Waals surface area contributed by atoms with Crippen molar-refractivity contribution < 1.29 is 9.90 Å². The molecule has 6 nitrogen and oxygen atoms in total. The number of imidazole rings is 1. The molecule has 1 aliphatic carbocycles. The number of nitrogens with one attached hydrogen (secondary N) is 1. The number of carboxylic acids is 1. The summed E-state index contributed by atoms with van der Waals surface area (Å²) in [7, 11) is 1.76. The van der Waals surface area contributed by atoms with E-state index in [1.807, 2.05) is 12.4 Å². The van der Waals surface area contributed by atoms with Gasteiger partial charge >= 0.3 is 5.97 Å². The summed E-state index contributed by atoms with van der Waals surface area (Å²) in [5, 5.41) is 12.6. The zero-order valence-electron chi connectivity index (χ0n) is 11.9. The maximum Gasteiger partial charge on any atom is 0.323 e. The molecule has 1 aromatic rings. The average molecular weight is 278 g/mol. The topological polar surface area (TPSA) is 70.4 Å². The molecule has 1 saturated carbocycles. The number of likely N-dealkylation sites (N-methyl/N-ethyl adjacent to an activating group) is 1. The van der Waals surface area contributed by atoms with Crippen molar-refractivity contribution in [1.29, 1.82) is 0 Å². The minimum absolute atomic E-state index is 0.331. The van der Waals surface area contributed by atoms with Crippen molar-refractivity contribution in [2.75, 3.05) is 13.6 Å². The molecule has 0 spiro atoms. The minimum Gasteiger partial charge on any atom is -0.480 e. The summed E-state index contributed by atoms with van der Waals surface area (Å²) >= 11 is 0. The molecule has 0 saturated heterocycles. The third kappa shape index (κ3) is 2.23. The molecule has 2 N–H and O–H groups in total. The Morgan fingerprint density at radius 1 is 1.55 bits per heavy atom. The van der Waals surface area contributed by atoms with Gasteiger partial charge in [-0.05, 0) is 32.7 Å². The van der Waals surface area contributed by atoms with Crippen LogP contribution < -0.4 is 5.32 Å². The summed E-state index contributed by atoms with van der Waals surface area (Å²) in [4.78, 5) is 18.4. The number of rotatable bonds is 3. The Kier molecular flexibility index (Phi) is 3.52. The molecule has 2 atom stereocenters. The summed E-state index contributed by atoms with van der Waals surface area (Å²) in [6.07, 6.45) is 7.30. The maximum atomic E-state index is 11.6. The number of hydrogen-bond acceptors (Lipinski definition) is 4. The van der Waals surface area contributed by atoms with Crippen LogP contribution in [0.4, 0.5) is 0 Å². The molecule has 6 heteroatoms. The number of carbonyl (C=O) groups is 1. The molecule has 1 fully saturated rings. The van der Waals surface area contributed by atoms with Crippen LogP contribution in [-0.4, -0.2) is 50.7 Å². The van der Waals surface area contributed by atoms with Gasteiger partial charge in [-0.2, -0.15) is 0 Å². The molecule has 0 radical (unpaired) electrons. The molecule has 2 heterocycles. The second-order valence-electron chi connectivity index (χ2n) is 5.89. The highest BCUT2D eigenvalue weighted by Crippen LogP contribution is 2.32. The lowest BCUT2D eigenvalue weighted by Crippen LogP contribution is -2.57. The highest BCUT2D eigenvalue weighted by Gasteiger charge is 2.43. The van der Waals surface area contributed by atoms with Crippen LogP contribution in [0.2, 0.25) is 0 Å². The molecule has 0 amide bonds. The van der Waals surface area contributed by atoms with Gasteiger partial charge in [-0.3, -0.25) is 9.69 Å². The lowest BCUT2D eigenvalue weighted by atomic mass is 9.78. The third-order valence-electron chi connectivity index (χ3n) is 4.90. The molecule has 2 unspecified atom stereocenters. The quantitative estimate of drug-likeness (QED) is 0.851. The van der Waals surface area contributed by atoms with Crippen molar-refractivity contribution in [2.45, 2.75) is 50.4 Å². The summed E-state index contributed by atoms with van der Waals surface area (Å²) in [6.45, 7) is 2.76. The average Bonchev–Trinajstić information content (AvgIpc) is 2.94. The van der Waals surface area contributed by atoms with Gasteiger partial charge in [0.15, 0.2) is 0 Å². The highest BCUT2D eigenvalue weighted by atomic mass is 16.4. The summed E-state index contributed by atoms with van der Waals surface area (Å²) in [6, 6.07) is 0.331. The van der Waals surface area contributed by atoms with Crippen LogP contribution >= 0.6 is 0 Å². The monoisotopic (exact) mass is 278 g/mol. The van der Waals surface area contributed by atoms with E-state index >= 15 is 0 Å². The van der Waals surface area contributed by atoms with E-state index < -0.39 is 11.5 Å². The Hall–Kier alpha value is -1.40. The highest BCUT2D eigenvalue weighted by molar-refractivity contribution is 5.79. The fourth-order valence-corrected chi connectivity index (χ4v) is 3.59. The fraction of sp³-hybridized carbons (Fsp3) is 0.714. The van der Waals surface area contributed by atoms with Crippen LogP contribution in [0, 0.1) is 0 Å². The van der Waals surface area contributed by atoms with Gasteiger partial charge in [0.25, 0.3) is 0 Å². The molecule has 1 aliphatic heterocycles. The van der Waals surface area contributed by atoms with Crippen LogP contribution in [0.5, 0.6) is 0 Å². The first-order valence-electron chi connectivity index (χ1n) is 7.31. The molecule has 110 valence electrons. The van der Waals surface area contributed by atoms with Crippen molar-refractivity contribution in [3.8, 4) is 0 Å². The van der Waals surface area contributed by atoms with Gasteiger partial charge in [0.1, 0.15) is 11.4 Å². The Labute approximate surface area is 118 Å². The first-order chi connectivity index (χ1) is 9.64. The van der Waals surface area contributed by atoms with Gasteiger partial charge in [-0.15, -0.1) is 0 Å². The lowest BCUT2D eigenvalue weighted by molar-refractivity contribution is -0.147. The Morgan fingerprint density at radius 3 is 3.15 bits per heavy atom. The smallest absolute Gasteiger partial charge is 0.323 e. The SMILES string of the molecule is CNC1(C(=O)O)CCCC(N2CCn3ccnc3C2)C1. The van der Waals surface area contributed by atoms with E-state index in [2.05, 4.69) is 19.8 Å². The summed E-state index contributed by atoms with van der Waals surface area (Å²) in [5.74, 6) is 0.371. The number of fused-ring (bicyclic) bond motifs is 1. The summed E-state index contributed by atoms with van der Waals surface area (Å²) in [5.41, 5.74) is -0.754. The largest absolute Gasteiger partial charge is 0.480 e. The van der Waals surface area contributed by atoms with Crippen LogP contribution in [0.25, 0.3) is 0 Å². The Morgan fingerprint density at radius 2 is 2.40 bits per heavy atom. The molecular formula is C14H22N4O2. The molecular weight excluding hydrogens is 256 g/mol. The molecule has 2 aliphatic rings. The van der Waals surface area contributed by atoms with Crippen molar-refractivity contribution in [3.05, 3.63) is 18.2 Å². The second kappa shape index (κ2) is 5.18. The standard InChI is InChI=1S/C14H22N4O2/c1-15-14(13(19)20)4-2-3-11(9-14)18-8-7-17-6-5-16-12(17)10-18/h5-6,11,15H,2-4,7-10H2,1H3,(H,19,20). The van der Waals surface area contributed by atoms with Crippen molar-refractivity contribution >= 4 is 5.97 Å². The van der Waals surface area contributed by atoms with E-state index in [1.165, 1.54) is 0 Å². The number of hydrogen-bond donors (Lipinski definition) is 2. The van der Waals surface area contributed by atoms with Crippen LogP contribution in [0.1, 0.15) is 31.5 Å². The van der Waals surface area contributed by atoms with Gasteiger partial charge < -0.3 is 15.0 Å². The van der Waals surface area contributed by atoms with E-state index in [1.54, 1.807) is 7.05 Å². The number of nitrogens with zero attached hydrogens (tertiary/aromatic N) is 3. The van der Waals surface area contributed by atoms with E-state index in [0.717, 1.165) is 44.7 Å². The predicted octanol–water partition coefficient (Wildman–Crippen LogP) is 0.684. The zero-order chi connectivity index (χ0) is 14.2. The molecule has 1 aromatic heterocycles. The molecule has 3 rings (SSSR count). The third-order valence-corrected chi connectivity index (χ3v) is 4.90. The number of carboxylic acid groups (broad SMARTS) is 1. The van der Waals surface area contributed by atoms with Gasteiger partial charge in [0.2, 0.25) is 0 Å². The van der Waals surface area contributed by atoms with Crippen LogP contribution in [0.3, 0.4) is 0 Å². The molecule has 0 aromatic carbocycles. The number of aromatic nitrogens is 2. The zero-order valence-corrected chi connectivity index (χ0v) is 11.9. The van der Waals surface area contributed by atoms with Crippen molar-refractivity contribution in [3.63, 3.8) is 0 Å². The number of aliphatic carboxylic acids is 1. The normalized spacial score (nSPS) is 30.9. The second-order valence-corrected chi connectivity index (χ2v) is 5.89. The van der Waals surface area contributed by atoms with Crippen LogP contribution in [0.15, 0.2) is 12.4 Å². The lowest BCUT2D eigenvalue weighted by Gasteiger charge is -2.43. The Bertz CT molecular complexity index is 501. The summed E-state index contributed by atoms with van der Waals surface area (Å²) < 4.78 is 2.18. The van der Waals surface area contributed by atoms with E-state index in [4.69, 9.17) is 0 Å². The first kappa shape index (κ1) is 13.6. The molecule has 20 heavy (non-hydrogen) atoms. The van der Waals surface area contributed by atoms with Crippen molar-refractivity contribution in [2.24, 2.45) is 0 Å². The van der Waals surface area contributed by atoms with Crippen molar-refractivity contribution in [1.82, 2.24) is 19.8 Å². The predicted molar refractivity (Wildman–Crippen MR) is 74.3 cm³/mol. The first-order valence-corrected chi connectivity index (χ1v) is 7.31.